The van der Waals surface area contributed by atoms with Crippen molar-refractivity contribution in [3.05, 3.63) is 29.8 Å². The molecule has 0 aliphatic heterocycles. The Bertz CT molecular complexity index is 374. The molecule has 100 valence electrons. The molecule has 0 aliphatic rings. The van der Waals surface area contributed by atoms with Gasteiger partial charge < -0.3 is 9.47 Å². The number of rotatable bonds is 7. The van der Waals surface area contributed by atoms with Gasteiger partial charge in [0.05, 0.1) is 19.1 Å². The molecule has 1 aromatic rings. The van der Waals surface area contributed by atoms with E-state index in [1.165, 1.54) is 0 Å². The maximum Gasteiger partial charge on any atom is 0.313 e. The van der Waals surface area contributed by atoms with Crippen molar-refractivity contribution in [2.24, 2.45) is 0 Å². The van der Waals surface area contributed by atoms with Crippen LogP contribution in [-0.4, -0.2) is 19.2 Å². The van der Waals surface area contributed by atoms with Crippen LogP contribution in [0, 0.1) is 0 Å². The van der Waals surface area contributed by atoms with E-state index in [0.717, 1.165) is 24.2 Å². The van der Waals surface area contributed by atoms with Crippen molar-refractivity contribution in [1.82, 2.24) is 0 Å². The lowest BCUT2D eigenvalue weighted by Gasteiger charge is -2.13. The lowest BCUT2D eigenvalue weighted by Crippen LogP contribution is -2.14. The lowest BCUT2D eigenvalue weighted by atomic mass is 10.0. The number of ether oxygens (including phenoxy) is 2. The first kappa shape index (κ1) is 14.6. The third-order valence-corrected chi connectivity index (χ3v) is 2.76. The maximum atomic E-state index is 11.8. The standard InChI is InChI=1S/C15H22O3/c1-4-6-10-18-15(16)12(3)13-8-7-9-14(11-13)17-5-2/h7-9,11-12H,4-6,10H2,1-3H3. The molecule has 0 heterocycles. The van der Waals surface area contributed by atoms with Crippen molar-refractivity contribution in [2.75, 3.05) is 13.2 Å². The molecule has 0 N–H and O–H groups in total. The Balaban J connectivity index is 2.61. The Morgan fingerprint density at radius 2 is 2.11 bits per heavy atom. The summed E-state index contributed by atoms with van der Waals surface area (Å²) in [7, 11) is 0. The van der Waals surface area contributed by atoms with E-state index in [-0.39, 0.29) is 11.9 Å². The molecule has 3 heteroatoms. The zero-order chi connectivity index (χ0) is 13.4. The molecule has 1 rings (SSSR count). The molecule has 0 amide bonds. The van der Waals surface area contributed by atoms with Crippen LogP contribution in [0.2, 0.25) is 0 Å². The summed E-state index contributed by atoms with van der Waals surface area (Å²) in [4.78, 5) is 11.8. The highest BCUT2D eigenvalue weighted by molar-refractivity contribution is 5.77. The predicted molar refractivity (Wildman–Crippen MR) is 71.9 cm³/mol. The monoisotopic (exact) mass is 250 g/mol. The van der Waals surface area contributed by atoms with E-state index in [1.54, 1.807) is 0 Å². The minimum Gasteiger partial charge on any atom is -0.494 e. The van der Waals surface area contributed by atoms with Crippen molar-refractivity contribution in [2.45, 2.75) is 39.5 Å². The fraction of sp³-hybridized carbons (Fsp3) is 0.533. The van der Waals surface area contributed by atoms with E-state index in [0.29, 0.717) is 13.2 Å². The normalized spacial score (nSPS) is 11.9. The highest BCUT2D eigenvalue weighted by atomic mass is 16.5. The molecule has 1 aromatic carbocycles. The fourth-order valence-corrected chi connectivity index (χ4v) is 1.62. The van der Waals surface area contributed by atoms with Crippen LogP contribution in [0.4, 0.5) is 0 Å². The van der Waals surface area contributed by atoms with Gasteiger partial charge in [-0.15, -0.1) is 0 Å². The predicted octanol–water partition coefficient (Wildman–Crippen LogP) is 3.53. The van der Waals surface area contributed by atoms with Gasteiger partial charge in [-0.1, -0.05) is 25.5 Å². The molecule has 0 bridgehead atoms. The van der Waals surface area contributed by atoms with Crippen LogP contribution >= 0.6 is 0 Å². The average molecular weight is 250 g/mol. The smallest absolute Gasteiger partial charge is 0.313 e. The van der Waals surface area contributed by atoms with Gasteiger partial charge in [0.25, 0.3) is 0 Å². The first-order valence-corrected chi connectivity index (χ1v) is 6.58. The third-order valence-electron chi connectivity index (χ3n) is 2.76. The number of hydrogen-bond acceptors (Lipinski definition) is 3. The summed E-state index contributed by atoms with van der Waals surface area (Å²) in [6.45, 7) is 7.00. The first-order valence-electron chi connectivity index (χ1n) is 6.58. The summed E-state index contributed by atoms with van der Waals surface area (Å²) in [6.07, 6.45) is 1.94. The molecule has 0 saturated carbocycles. The second-order valence-electron chi connectivity index (χ2n) is 4.25. The minimum absolute atomic E-state index is 0.169. The molecule has 0 radical (unpaired) electrons. The van der Waals surface area contributed by atoms with Crippen LogP contribution in [0.25, 0.3) is 0 Å². The Morgan fingerprint density at radius 3 is 2.78 bits per heavy atom. The summed E-state index contributed by atoms with van der Waals surface area (Å²) >= 11 is 0. The van der Waals surface area contributed by atoms with Crippen molar-refractivity contribution in [3.63, 3.8) is 0 Å². The van der Waals surface area contributed by atoms with Crippen molar-refractivity contribution < 1.29 is 14.3 Å². The topological polar surface area (TPSA) is 35.5 Å². The summed E-state index contributed by atoms with van der Waals surface area (Å²) in [5, 5.41) is 0. The van der Waals surface area contributed by atoms with Crippen molar-refractivity contribution >= 4 is 5.97 Å². The molecule has 1 atom stereocenters. The van der Waals surface area contributed by atoms with E-state index < -0.39 is 0 Å². The molecule has 0 fully saturated rings. The van der Waals surface area contributed by atoms with Gasteiger partial charge >= 0.3 is 5.97 Å². The average Bonchev–Trinajstić information content (AvgIpc) is 2.39. The Hall–Kier alpha value is -1.51. The van der Waals surface area contributed by atoms with Gasteiger partial charge in [0.1, 0.15) is 5.75 Å². The van der Waals surface area contributed by atoms with E-state index in [9.17, 15) is 4.79 Å². The van der Waals surface area contributed by atoms with Crippen molar-refractivity contribution in [3.8, 4) is 5.75 Å². The zero-order valence-electron chi connectivity index (χ0n) is 11.4. The molecule has 0 aliphatic carbocycles. The zero-order valence-corrected chi connectivity index (χ0v) is 11.4. The summed E-state index contributed by atoms with van der Waals surface area (Å²) < 4.78 is 10.6. The van der Waals surface area contributed by atoms with E-state index in [4.69, 9.17) is 9.47 Å². The number of carbonyl (C=O) groups excluding carboxylic acids is 1. The van der Waals surface area contributed by atoms with Gasteiger partial charge in [-0.05, 0) is 38.0 Å². The summed E-state index contributed by atoms with van der Waals surface area (Å²) in [5.41, 5.74) is 0.933. The van der Waals surface area contributed by atoms with Crippen LogP contribution in [0.15, 0.2) is 24.3 Å². The molecule has 1 unspecified atom stereocenters. The fourth-order valence-electron chi connectivity index (χ4n) is 1.62. The summed E-state index contributed by atoms with van der Waals surface area (Å²) in [5.74, 6) is 0.377. The molecule has 3 nitrogen and oxygen atoms in total. The third kappa shape index (κ3) is 4.40. The van der Waals surface area contributed by atoms with E-state index >= 15 is 0 Å². The number of esters is 1. The lowest BCUT2D eigenvalue weighted by molar-refractivity contribution is -0.145. The maximum absolute atomic E-state index is 11.8. The van der Waals surface area contributed by atoms with Gasteiger partial charge in [-0.2, -0.15) is 0 Å². The highest BCUT2D eigenvalue weighted by Crippen LogP contribution is 2.22. The van der Waals surface area contributed by atoms with Crippen LogP contribution in [0.1, 0.15) is 45.1 Å². The van der Waals surface area contributed by atoms with Crippen LogP contribution in [-0.2, 0) is 9.53 Å². The summed E-state index contributed by atoms with van der Waals surface area (Å²) in [6, 6.07) is 7.61. The SMILES string of the molecule is CCCCOC(=O)C(C)c1cccc(OCC)c1. The van der Waals surface area contributed by atoms with Crippen LogP contribution in [0.3, 0.4) is 0 Å². The van der Waals surface area contributed by atoms with Crippen molar-refractivity contribution in [1.29, 1.82) is 0 Å². The highest BCUT2D eigenvalue weighted by Gasteiger charge is 2.16. The molecule has 0 aromatic heterocycles. The molecule has 18 heavy (non-hydrogen) atoms. The number of benzene rings is 1. The second kappa shape index (κ2) is 7.75. The largest absolute Gasteiger partial charge is 0.494 e. The van der Waals surface area contributed by atoms with E-state index in [2.05, 4.69) is 6.92 Å². The Kier molecular flexibility index (Phi) is 6.26. The number of hydrogen-bond donors (Lipinski definition) is 0. The minimum atomic E-state index is -0.248. The van der Waals surface area contributed by atoms with Crippen LogP contribution < -0.4 is 4.74 Å². The number of unbranched alkanes of at least 4 members (excludes halogenated alkanes) is 1. The van der Waals surface area contributed by atoms with Gasteiger partial charge in [0.2, 0.25) is 0 Å². The number of carbonyl (C=O) groups is 1. The first-order chi connectivity index (χ1) is 8.69. The van der Waals surface area contributed by atoms with Gasteiger partial charge in [-0.3, -0.25) is 4.79 Å². The quantitative estimate of drug-likeness (QED) is 0.548. The Morgan fingerprint density at radius 1 is 1.33 bits per heavy atom. The van der Waals surface area contributed by atoms with Crippen LogP contribution in [0.5, 0.6) is 5.75 Å². The molecule has 0 saturated heterocycles. The Labute approximate surface area is 109 Å². The van der Waals surface area contributed by atoms with Gasteiger partial charge in [0, 0.05) is 0 Å². The van der Waals surface area contributed by atoms with Gasteiger partial charge in [-0.25, -0.2) is 0 Å². The molecule has 0 spiro atoms. The van der Waals surface area contributed by atoms with E-state index in [1.807, 2.05) is 38.1 Å². The van der Waals surface area contributed by atoms with Gasteiger partial charge in [0.15, 0.2) is 0 Å². The molecular formula is C15H22O3. The second-order valence-corrected chi connectivity index (χ2v) is 4.25. The molecular weight excluding hydrogens is 228 g/mol.